The number of thiophene rings is 1. The zero-order chi connectivity index (χ0) is 8.97. The number of carbonyl (C=O) groups excluding carboxylic acids is 1. The van der Waals surface area contributed by atoms with Crippen molar-refractivity contribution in [3.63, 3.8) is 0 Å². The molecule has 0 unspecified atom stereocenters. The molecule has 1 aromatic rings. The number of ether oxygens (including phenoxy) is 1. The molecule has 0 N–H and O–H groups in total. The molecule has 12 heavy (non-hydrogen) atoms. The Bertz CT molecular complexity index is 291. The van der Waals surface area contributed by atoms with Gasteiger partial charge >= 0.3 is 5.97 Å². The summed E-state index contributed by atoms with van der Waals surface area (Å²) in [5.74, 6) is -0.282. The predicted molar refractivity (Wildman–Crippen MR) is 53.0 cm³/mol. The summed E-state index contributed by atoms with van der Waals surface area (Å²) in [7, 11) is 1.38. The van der Waals surface area contributed by atoms with Crippen molar-refractivity contribution in [2.24, 2.45) is 0 Å². The topological polar surface area (TPSA) is 26.3 Å². The van der Waals surface area contributed by atoms with Crippen molar-refractivity contribution >= 4 is 34.9 Å². The summed E-state index contributed by atoms with van der Waals surface area (Å²) in [6, 6.07) is 3.64. The number of rotatable bonds is 3. The molecule has 1 rings (SSSR count). The van der Waals surface area contributed by atoms with Gasteiger partial charge in [-0.2, -0.15) is 0 Å². The second-order valence-electron chi connectivity index (χ2n) is 2.13. The molecule has 2 nitrogen and oxygen atoms in total. The highest BCUT2D eigenvalue weighted by Crippen LogP contribution is 2.17. The smallest absolute Gasteiger partial charge is 0.348 e. The third-order valence-corrected chi connectivity index (χ3v) is 2.59. The van der Waals surface area contributed by atoms with Crippen LogP contribution in [0.2, 0.25) is 0 Å². The van der Waals surface area contributed by atoms with Crippen molar-refractivity contribution in [1.29, 1.82) is 0 Å². The van der Waals surface area contributed by atoms with E-state index in [1.807, 2.05) is 6.07 Å². The van der Waals surface area contributed by atoms with Crippen molar-refractivity contribution < 1.29 is 9.53 Å². The largest absolute Gasteiger partial charge is 0.465 e. The highest BCUT2D eigenvalue weighted by Gasteiger charge is 2.07. The monoisotopic (exact) mass is 200 g/mol. The van der Waals surface area contributed by atoms with E-state index in [0.717, 1.165) is 11.3 Å². The van der Waals surface area contributed by atoms with Gasteiger partial charge in [0.2, 0.25) is 0 Å². The molecule has 0 fully saturated rings. The van der Waals surface area contributed by atoms with E-state index in [9.17, 15) is 4.79 Å². The van der Waals surface area contributed by atoms with E-state index in [-0.39, 0.29) is 5.97 Å². The standard InChI is InChI=1S/C8H8O2S2/c1-10-8(9)7-3-2-6(12-7)4-5-11/h2-3,5H,4H2,1H3. The molecule has 0 aromatic carbocycles. The van der Waals surface area contributed by atoms with E-state index >= 15 is 0 Å². The van der Waals surface area contributed by atoms with Crippen LogP contribution < -0.4 is 0 Å². The van der Waals surface area contributed by atoms with Gasteiger partial charge in [-0.25, -0.2) is 4.79 Å². The van der Waals surface area contributed by atoms with Crippen LogP contribution in [0.15, 0.2) is 12.1 Å². The molecule has 1 heterocycles. The van der Waals surface area contributed by atoms with Gasteiger partial charge in [0, 0.05) is 11.3 Å². The highest BCUT2D eigenvalue weighted by atomic mass is 32.1. The lowest BCUT2D eigenvalue weighted by Gasteiger charge is -1.91. The Morgan fingerprint density at radius 2 is 2.50 bits per heavy atom. The van der Waals surface area contributed by atoms with Crippen LogP contribution in [-0.2, 0) is 11.2 Å². The second kappa shape index (κ2) is 4.33. The molecule has 0 aliphatic carbocycles. The lowest BCUT2D eigenvalue weighted by molar-refractivity contribution is 0.0606. The van der Waals surface area contributed by atoms with E-state index in [0.29, 0.717) is 4.88 Å². The van der Waals surface area contributed by atoms with E-state index in [1.54, 1.807) is 11.4 Å². The summed E-state index contributed by atoms with van der Waals surface area (Å²) in [4.78, 5) is 12.7. The summed E-state index contributed by atoms with van der Waals surface area (Å²) >= 11 is 6.12. The zero-order valence-corrected chi connectivity index (χ0v) is 8.21. The summed E-state index contributed by atoms with van der Waals surface area (Å²) in [6.07, 6.45) is 0.733. The molecule has 64 valence electrons. The van der Waals surface area contributed by atoms with Crippen LogP contribution in [0, 0.1) is 0 Å². The Kier molecular flexibility index (Phi) is 3.37. The predicted octanol–water partition coefficient (Wildman–Crippen LogP) is 2.08. The van der Waals surface area contributed by atoms with Crippen molar-refractivity contribution in [2.75, 3.05) is 7.11 Å². The number of hydrogen-bond acceptors (Lipinski definition) is 4. The Morgan fingerprint density at radius 3 is 3.08 bits per heavy atom. The Labute approximate surface area is 80.2 Å². The third kappa shape index (κ3) is 2.12. The van der Waals surface area contributed by atoms with Crippen molar-refractivity contribution in [1.82, 2.24) is 0 Å². The van der Waals surface area contributed by atoms with Crippen LogP contribution in [-0.4, -0.2) is 18.4 Å². The fourth-order valence-electron chi connectivity index (χ4n) is 0.780. The van der Waals surface area contributed by atoms with E-state index in [2.05, 4.69) is 4.74 Å². The van der Waals surface area contributed by atoms with Crippen LogP contribution in [0.1, 0.15) is 14.5 Å². The first-order valence-electron chi connectivity index (χ1n) is 3.38. The maximum absolute atomic E-state index is 11.0. The molecule has 0 bridgehead atoms. The molecule has 0 aliphatic rings. The SMILES string of the molecule is COC(=O)c1ccc(CC=S)s1. The van der Waals surface area contributed by atoms with Gasteiger partial charge in [-0.15, -0.1) is 11.3 Å². The van der Waals surface area contributed by atoms with E-state index < -0.39 is 0 Å². The third-order valence-electron chi connectivity index (χ3n) is 1.33. The fourth-order valence-corrected chi connectivity index (χ4v) is 1.95. The van der Waals surface area contributed by atoms with Gasteiger partial charge in [0.1, 0.15) is 4.88 Å². The van der Waals surface area contributed by atoms with Crippen LogP contribution >= 0.6 is 23.6 Å². The van der Waals surface area contributed by atoms with Gasteiger partial charge in [-0.1, -0.05) is 12.2 Å². The van der Waals surface area contributed by atoms with Crippen molar-refractivity contribution in [3.05, 3.63) is 21.9 Å². The maximum Gasteiger partial charge on any atom is 0.348 e. The molecular formula is C8H8O2S2. The highest BCUT2D eigenvalue weighted by molar-refractivity contribution is 7.79. The molecule has 0 saturated heterocycles. The molecule has 0 aliphatic heterocycles. The lowest BCUT2D eigenvalue weighted by atomic mass is 10.4. The minimum atomic E-state index is -0.282. The molecule has 0 atom stereocenters. The molecule has 0 radical (unpaired) electrons. The van der Waals surface area contributed by atoms with Gasteiger partial charge in [0.25, 0.3) is 0 Å². The zero-order valence-electron chi connectivity index (χ0n) is 6.57. The van der Waals surface area contributed by atoms with Crippen LogP contribution in [0.5, 0.6) is 0 Å². The molecule has 0 spiro atoms. The first kappa shape index (κ1) is 9.35. The summed E-state index contributed by atoms with van der Waals surface area (Å²) in [6.45, 7) is 0. The number of methoxy groups -OCH3 is 1. The van der Waals surface area contributed by atoms with Gasteiger partial charge < -0.3 is 4.74 Å². The molecule has 0 saturated carbocycles. The van der Waals surface area contributed by atoms with Crippen molar-refractivity contribution in [2.45, 2.75) is 6.42 Å². The Hall–Kier alpha value is -0.740. The first-order chi connectivity index (χ1) is 5.77. The average Bonchev–Trinajstić information content (AvgIpc) is 2.52. The van der Waals surface area contributed by atoms with Gasteiger partial charge in [0.05, 0.1) is 7.11 Å². The Balaban J connectivity index is 2.76. The van der Waals surface area contributed by atoms with Crippen molar-refractivity contribution in [3.8, 4) is 0 Å². The van der Waals surface area contributed by atoms with Gasteiger partial charge in [-0.3, -0.25) is 0 Å². The van der Waals surface area contributed by atoms with E-state index in [4.69, 9.17) is 12.2 Å². The summed E-state index contributed by atoms with van der Waals surface area (Å²) in [5, 5.41) is 1.65. The van der Waals surface area contributed by atoms with Crippen LogP contribution in [0.3, 0.4) is 0 Å². The minimum Gasteiger partial charge on any atom is -0.465 e. The number of thiocarbonyl (C=S) groups is 1. The molecule has 0 amide bonds. The number of esters is 1. The summed E-state index contributed by atoms with van der Waals surface area (Å²) < 4.78 is 4.56. The maximum atomic E-state index is 11.0. The second-order valence-corrected chi connectivity index (χ2v) is 3.63. The number of carbonyl (C=O) groups is 1. The fraction of sp³-hybridized carbons (Fsp3) is 0.250. The van der Waals surface area contributed by atoms with Crippen LogP contribution in [0.25, 0.3) is 0 Å². The lowest BCUT2D eigenvalue weighted by Crippen LogP contribution is -1.96. The summed E-state index contributed by atoms with van der Waals surface area (Å²) in [5.41, 5.74) is 0. The molecule has 4 heteroatoms. The van der Waals surface area contributed by atoms with Gasteiger partial charge in [0.15, 0.2) is 0 Å². The molecule has 1 aromatic heterocycles. The van der Waals surface area contributed by atoms with E-state index in [1.165, 1.54) is 18.4 Å². The normalized spacial score (nSPS) is 9.42. The average molecular weight is 200 g/mol. The van der Waals surface area contributed by atoms with Gasteiger partial charge in [-0.05, 0) is 17.5 Å². The number of hydrogen-bond donors (Lipinski definition) is 0. The minimum absolute atomic E-state index is 0.282. The molecular weight excluding hydrogens is 192 g/mol. The Morgan fingerprint density at radius 1 is 1.75 bits per heavy atom. The van der Waals surface area contributed by atoms with Crippen LogP contribution in [0.4, 0.5) is 0 Å². The quantitative estimate of drug-likeness (QED) is 0.552. The first-order valence-corrected chi connectivity index (χ1v) is 4.67.